The fraction of sp³-hybridized carbons (Fsp3) is 0.400. The molecule has 26 heavy (non-hydrogen) atoms. The van der Waals surface area contributed by atoms with Crippen LogP contribution in [0.25, 0.3) is 11.3 Å². The molecule has 1 fully saturated rings. The van der Waals surface area contributed by atoms with Crippen LogP contribution in [0.4, 0.5) is 5.69 Å². The van der Waals surface area contributed by atoms with Crippen molar-refractivity contribution in [3.05, 3.63) is 42.1 Å². The third-order valence-electron chi connectivity index (χ3n) is 4.66. The minimum absolute atomic E-state index is 0.0632. The highest BCUT2D eigenvalue weighted by Gasteiger charge is 2.15. The van der Waals surface area contributed by atoms with E-state index < -0.39 is 0 Å². The first-order valence-electron chi connectivity index (χ1n) is 8.94. The molecule has 1 aliphatic heterocycles. The summed E-state index contributed by atoms with van der Waals surface area (Å²) in [7, 11) is 1.57. The predicted octanol–water partition coefficient (Wildman–Crippen LogP) is 2.89. The van der Waals surface area contributed by atoms with Crippen molar-refractivity contribution in [2.45, 2.75) is 19.3 Å². The lowest BCUT2D eigenvalue weighted by Crippen LogP contribution is -2.24. The Hall–Kier alpha value is -2.60. The number of carbonyl (C=O) groups excluding carboxylic acids is 1. The number of amides is 1. The summed E-state index contributed by atoms with van der Waals surface area (Å²) in [5, 5.41) is 2.97. The van der Waals surface area contributed by atoms with Crippen LogP contribution in [0.2, 0.25) is 0 Å². The molecule has 1 amide bonds. The highest BCUT2D eigenvalue weighted by Crippen LogP contribution is 2.32. The Morgan fingerprint density at radius 3 is 2.85 bits per heavy atom. The summed E-state index contributed by atoms with van der Waals surface area (Å²) >= 11 is 0. The van der Waals surface area contributed by atoms with E-state index in [0.29, 0.717) is 35.2 Å². The summed E-state index contributed by atoms with van der Waals surface area (Å²) in [6.07, 6.45) is 4.85. The quantitative estimate of drug-likeness (QED) is 0.746. The summed E-state index contributed by atoms with van der Waals surface area (Å²) in [6.45, 7) is 2.41. The molecule has 1 saturated heterocycles. The second-order valence-electron chi connectivity index (χ2n) is 6.49. The number of benzene rings is 1. The van der Waals surface area contributed by atoms with Crippen molar-refractivity contribution < 1.29 is 14.3 Å². The van der Waals surface area contributed by atoms with Gasteiger partial charge in [-0.2, -0.15) is 0 Å². The molecule has 6 nitrogen and oxygen atoms in total. The molecular formula is C20H25N3O3. The summed E-state index contributed by atoms with van der Waals surface area (Å²) in [6, 6.07) is 8.99. The van der Waals surface area contributed by atoms with E-state index in [1.165, 1.54) is 0 Å². The molecule has 2 aromatic rings. The number of nitrogens with two attached hydrogens (primary N) is 1. The van der Waals surface area contributed by atoms with Crippen molar-refractivity contribution in [2.24, 2.45) is 5.92 Å². The van der Waals surface area contributed by atoms with Gasteiger partial charge < -0.3 is 20.5 Å². The molecule has 0 bridgehead atoms. The van der Waals surface area contributed by atoms with Crippen LogP contribution in [0, 0.1) is 5.92 Å². The Morgan fingerprint density at radius 2 is 2.15 bits per heavy atom. The van der Waals surface area contributed by atoms with Crippen LogP contribution in [0.1, 0.15) is 29.6 Å². The van der Waals surface area contributed by atoms with Gasteiger partial charge >= 0.3 is 0 Å². The molecule has 1 aromatic heterocycles. The first-order valence-corrected chi connectivity index (χ1v) is 8.94. The number of hydrogen-bond acceptors (Lipinski definition) is 5. The number of carbonyl (C=O) groups is 1. The van der Waals surface area contributed by atoms with Crippen molar-refractivity contribution in [1.29, 1.82) is 0 Å². The number of pyridine rings is 1. The number of ether oxygens (including phenoxy) is 2. The van der Waals surface area contributed by atoms with E-state index >= 15 is 0 Å². The number of methoxy groups -OCH3 is 1. The molecule has 2 heterocycles. The van der Waals surface area contributed by atoms with Gasteiger partial charge in [0.25, 0.3) is 5.91 Å². The monoisotopic (exact) mass is 355 g/mol. The smallest absolute Gasteiger partial charge is 0.251 e. The zero-order valence-corrected chi connectivity index (χ0v) is 15.0. The zero-order valence-electron chi connectivity index (χ0n) is 15.0. The number of aromatic nitrogens is 1. The molecule has 3 rings (SSSR count). The normalized spacial score (nSPS) is 16.4. The lowest BCUT2D eigenvalue weighted by atomic mass is 10.0. The molecule has 1 aliphatic rings. The summed E-state index contributed by atoms with van der Waals surface area (Å²) in [5.74, 6) is 1.12. The number of anilines is 1. The van der Waals surface area contributed by atoms with Gasteiger partial charge in [-0.05, 0) is 43.4 Å². The van der Waals surface area contributed by atoms with Crippen LogP contribution >= 0.6 is 0 Å². The van der Waals surface area contributed by atoms with Gasteiger partial charge in [-0.3, -0.25) is 9.78 Å². The zero-order chi connectivity index (χ0) is 18.4. The first kappa shape index (κ1) is 18.2. The van der Waals surface area contributed by atoms with Crippen LogP contribution in [0.15, 0.2) is 36.5 Å². The Labute approximate surface area is 153 Å². The number of nitrogen functional groups attached to an aromatic ring is 1. The van der Waals surface area contributed by atoms with Crippen molar-refractivity contribution >= 4 is 11.6 Å². The SMILES string of the molecule is COc1c(N)ccnc1-c1ccc(C(=O)NCCC[C@@H]2CCOC2)cc1. The van der Waals surface area contributed by atoms with Crippen molar-refractivity contribution in [1.82, 2.24) is 10.3 Å². The minimum atomic E-state index is -0.0632. The van der Waals surface area contributed by atoms with E-state index in [1.54, 1.807) is 31.5 Å². The van der Waals surface area contributed by atoms with Gasteiger partial charge in [0.2, 0.25) is 0 Å². The fourth-order valence-corrected chi connectivity index (χ4v) is 3.17. The maximum atomic E-state index is 12.3. The van der Waals surface area contributed by atoms with E-state index in [-0.39, 0.29) is 5.91 Å². The lowest BCUT2D eigenvalue weighted by Gasteiger charge is -2.11. The van der Waals surface area contributed by atoms with Crippen molar-refractivity contribution in [3.63, 3.8) is 0 Å². The number of rotatable bonds is 7. The molecule has 0 unspecified atom stereocenters. The topological polar surface area (TPSA) is 86.5 Å². The molecule has 1 atom stereocenters. The predicted molar refractivity (Wildman–Crippen MR) is 101 cm³/mol. The lowest BCUT2D eigenvalue weighted by molar-refractivity contribution is 0.0952. The Kier molecular flexibility index (Phi) is 6.07. The van der Waals surface area contributed by atoms with E-state index in [1.807, 2.05) is 12.1 Å². The molecular weight excluding hydrogens is 330 g/mol. The van der Waals surface area contributed by atoms with E-state index in [9.17, 15) is 4.79 Å². The van der Waals surface area contributed by atoms with Crippen LogP contribution in [-0.4, -0.2) is 37.8 Å². The molecule has 0 radical (unpaired) electrons. The summed E-state index contributed by atoms with van der Waals surface area (Å²) in [5.41, 5.74) is 8.60. The number of hydrogen-bond donors (Lipinski definition) is 2. The second-order valence-corrected chi connectivity index (χ2v) is 6.49. The van der Waals surface area contributed by atoms with Crippen LogP contribution in [-0.2, 0) is 4.74 Å². The van der Waals surface area contributed by atoms with Crippen LogP contribution in [0.3, 0.4) is 0 Å². The average Bonchev–Trinajstić information content (AvgIpc) is 3.18. The van der Waals surface area contributed by atoms with Crippen LogP contribution in [0.5, 0.6) is 5.75 Å². The number of nitrogens with zero attached hydrogens (tertiary/aromatic N) is 1. The summed E-state index contributed by atoms with van der Waals surface area (Å²) in [4.78, 5) is 16.6. The van der Waals surface area contributed by atoms with Crippen molar-refractivity contribution in [3.8, 4) is 17.0 Å². The van der Waals surface area contributed by atoms with Gasteiger partial charge in [0.05, 0.1) is 12.8 Å². The summed E-state index contributed by atoms with van der Waals surface area (Å²) < 4.78 is 10.7. The molecule has 138 valence electrons. The Bertz CT molecular complexity index is 740. The third-order valence-corrected chi connectivity index (χ3v) is 4.66. The van der Waals surface area contributed by atoms with Gasteiger partial charge in [-0.25, -0.2) is 0 Å². The van der Waals surface area contributed by atoms with Gasteiger partial charge in [0.15, 0.2) is 5.75 Å². The highest BCUT2D eigenvalue weighted by molar-refractivity contribution is 5.94. The Balaban J connectivity index is 1.57. The molecule has 0 spiro atoms. The van der Waals surface area contributed by atoms with Gasteiger partial charge in [-0.15, -0.1) is 0 Å². The number of nitrogens with one attached hydrogen (secondary N) is 1. The molecule has 6 heteroatoms. The fourth-order valence-electron chi connectivity index (χ4n) is 3.17. The van der Waals surface area contributed by atoms with Gasteiger partial charge in [-0.1, -0.05) is 12.1 Å². The minimum Gasteiger partial charge on any atom is -0.492 e. The standard InChI is InChI=1S/C20H25N3O3/c1-25-19-17(21)8-11-22-18(19)15-4-6-16(7-5-15)20(24)23-10-2-3-14-9-12-26-13-14/h4-8,11,14H,2-3,9-10,12-13H2,1H3,(H2,21,22)(H,23,24)/t14-/m1/s1. The molecule has 1 aromatic carbocycles. The third kappa shape index (κ3) is 4.32. The second kappa shape index (κ2) is 8.67. The largest absolute Gasteiger partial charge is 0.492 e. The van der Waals surface area contributed by atoms with E-state index in [4.69, 9.17) is 15.2 Å². The Morgan fingerprint density at radius 1 is 1.35 bits per heavy atom. The molecule has 0 saturated carbocycles. The first-order chi connectivity index (χ1) is 12.7. The molecule has 0 aliphatic carbocycles. The van der Waals surface area contributed by atoms with Gasteiger partial charge in [0.1, 0.15) is 5.69 Å². The van der Waals surface area contributed by atoms with E-state index in [0.717, 1.165) is 38.0 Å². The van der Waals surface area contributed by atoms with E-state index in [2.05, 4.69) is 10.3 Å². The molecule has 3 N–H and O–H groups in total. The van der Waals surface area contributed by atoms with Crippen LogP contribution < -0.4 is 15.8 Å². The maximum absolute atomic E-state index is 12.3. The highest BCUT2D eigenvalue weighted by atomic mass is 16.5. The average molecular weight is 355 g/mol. The maximum Gasteiger partial charge on any atom is 0.251 e. The van der Waals surface area contributed by atoms with Crippen molar-refractivity contribution in [2.75, 3.05) is 32.6 Å². The van der Waals surface area contributed by atoms with Gasteiger partial charge in [0, 0.05) is 37.1 Å².